The number of thiophene rings is 1. The molecular weight excluding hydrogens is 379 g/mol. The molecule has 122 valence electrons. The van der Waals surface area contributed by atoms with Crippen LogP contribution >= 0.6 is 27.3 Å². The number of nitrogens with zero attached hydrogens (tertiary/aromatic N) is 2. The lowest BCUT2D eigenvalue weighted by Crippen LogP contribution is -2.35. The fourth-order valence-electron chi connectivity index (χ4n) is 2.79. The topological polar surface area (TPSA) is 23.6 Å². The Kier molecular flexibility index (Phi) is 5.46. The molecule has 1 amide bonds. The fraction of sp³-hybridized carbons (Fsp3) is 0.353. The van der Waals surface area contributed by atoms with Crippen LogP contribution in [0, 0.1) is 5.82 Å². The van der Waals surface area contributed by atoms with E-state index in [1.165, 1.54) is 10.9 Å². The lowest BCUT2D eigenvalue weighted by Gasteiger charge is -2.22. The molecule has 3 rings (SSSR count). The molecule has 0 spiro atoms. The van der Waals surface area contributed by atoms with Crippen molar-refractivity contribution in [3.63, 3.8) is 0 Å². The molecule has 1 aliphatic heterocycles. The molecule has 0 saturated carbocycles. The summed E-state index contributed by atoms with van der Waals surface area (Å²) in [6, 6.07) is 8.79. The number of hydrogen-bond donors (Lipinski definition) is 0. The molecule has 0 radical (unpaired) electrons. The number of benzene rings is 1. The van der Waals surface area contributed by atoms with E-state index >= 15 is 0 Å². The molecule has 1 aliphatic rings. The van der Waals surface area contributed by atoms with E-state index in [2.05, 4.69) is 38.3 Å². The van der Waals surface area contributed by atoms with Gasteiger partial charge in [0.2, 0.25) is 0 Å². The molecule has 1 saturated heterocycles. The zero-order chi connectivity index (χ0) is 16.2. The number of carbonyl (C=O) groups is 1. The SMILES string of the molecule is O=C(c1ccc(Br)cc1F)N1CCCN(Cc2cccs2)CC1. The molecule has 1 fully saturated rings. The summed E-state index contributed by atoms with van der Waals surface area (Å²) in [5.74, 6) is -0.683. The molecule has 3 nitrogen and oxygen atoms in total. The maximum atomic E-state index is 14.0. The van der Waals surface area contributed by atoms with Gasteiger partial charge >= 0.3 is 0 Å². The smallest absolute Gasteiger partial charge is 0.256 e. The minimum absolute atomic E-state index is 0.153. The Balaban J connectivity index is 1.64. The Bertz CT molecular complexity index is 677. The molecule has 2 aromatic rings. The van der Waals surface area contributed by atoms with Gasteiger partial charge < -0.3 is 4.90 Å². The van der Waals surface area contributed by atoms with Gasteiger partial charge in [0.25, 0.3) is 5.91 Å². The second-order valence-corrected chi connectivity index (χ2v) is 7.57. The van der Waals surface area contributed by atoms with Crippen LogP contribution in [0.25, 0.3) is 0 Å². The van der Waals surface area contributed by atoms with Gasteiger partial charge in [-0.25, -0.2) is 4.39 Å². The van der Waals surface area contributed by atoms with E-state index in [1.54, 1.807) is 28.4 Å². The van der Waals surface area contributed by atoms with Crippen LogP contribution in [-0.2, 0) is 6.54 Å². The van der Waals surface area contributed by atoms with Crippen LogP contribution in [-0.4, -0.2) is 41.9 Å². The fourth-order valence-corrected chi connectivity index (χ4v) is 3.87. The van der Waals surface area contributed by atoms with Crippen molar-refractivity contribution in [3.05, 3.63) is 56.4 Å². The van der Waals surface area contributed by atoms with Crippen molar-refractivity contribution in [2.75, 3.05) is 26.2 Å². The van der Waals surface area contributed by atoms with Crippen LogP contribution in [0.4, 0.5) is 4.39 Å². The first kappa shape index (κ1) is 16.6. The summed E-state index contributed by atoms with van der Waals surface area (Å²) in [6.07, 6.45) is 0.912. The van der Waals surface area contributed by atoms with E-state index in [4.69, 9.17) is 0 Å². The first-order chi connectivity index (χ1) is 11.1. The third-order valence-electron chi connectivity index (χ3n) is 4.00. The van der Waals surface area contributed by atoms with Crippen LogP contribution in [0.3, 0.4) is 0 Å². The minimum Gasteiger partial charge on any atom is -0.337 e. The molecular formula is C17H18BrFN2OS. The Morgan fingerprint density at radius 2 is 2.09 bits per heavy atom. The van der Waals surface area contributed by atoms with E-state index in [1.807, 2.05) is 0 Å². The summed E-state index contributed by atoms with van der Waals surface area (Å²) in [5, 5.41) is 2.08. The standard InChI is InChI=1S/C17H18BrFN2OS/c18-13-4-5-15(16(19)11-13)17(22)21-7-2-6-20(8-9-21)12-14-3-1-10-23-14/h1,3-5,10-11H,2,6-9,12H2. The first-order valence-electron chi connectivity index (χ1n) is 7.62. The second-order valence-electron chi connectivity index (χ2n) is 5.63. The highest BCUT2D eigenvalue weighted by molar-refractivity contribution is 9.10. The van der Waals surface area contributed by atoms with Gasteiger partial charge in [-0.2, -0.15) is 0 Å². The molecule has 1 aromatic heterocycles. The highest BCUT2D eigenvalue weighted by atomic mass is 79.9. The molecule has 0 N–H and O–H groups in total. The predicted molar refractivity (Wildman–Crippen MR) is 94.2 cm³/mol. The normalized spacial score (nSPS) is 16.3. The van der Waals surface area contributed by atoms with Gasteiger partial charge in [0, 0.05) is 42.1 Å². The van der Waals surface area contributed by atoms with E-state index in [0.717, 1.165) is 26.1 Å². The Morgan fingerprint density at radius 1 is 1.22 bits per heavy atom. The molecule has 0 unspecified atom stereocenters. The number of halogens is 2. The van der Waals surface area contributed by atoms with E-state index in [0.29, 0.717) is 17.6 Å². The maximum absolute atomic E-state index is 14.0. The molecule has 1 aromatic carbocycles. The van der Waals surface area contributed by atoms with Gasteiger partial charge in [0.1, 0.15) is 5.82 Å². The van der Waals surface area contributed by atoms with Gasteiger partial charge in [-0.15, -0.1) is 11.3 Å². The number of rotatable bonds is 3. The van der Waals surface area contributed by atoms with Crippen molar-refractivity contribution < 1.29 is 9.18 Å². The van der Waals surface area contributed by atoms with Gasteiger partial charge in [0.15, 0.2) is 0 Å². The van der Waals surface area contributed by atoms with Crippen LogP contribution < -0.4 is 0 Å². The van der Waals surface area contributed by atoms with Crippen molar-refractivity contribution in [1.29, 1.82) is 0 Å². The zero-order valence-corrected chi connectivity index (χ0v) is 15.1. The van der Waals surface area contributed by atoms with Crippen molar-refractivity contribution in [3.8, 4) is 0 Å². The average Bonchev–Trinajstić information content (AvgIpc) is 2.91. The first-order valence-corrected chi connectivity index (χ1v) is 9.30. The summed E-state index contributed by atoms with van der Waals surface area (Å²) in [7, 11) is 0. The van der Waals surface area contributed by atoms with E-state index in [-0.39, 0.29) is 11.5 Å². The van der Waals surface area contributed by atoms with Crippen LogP contribution in [0.15, 0.2) is 40.2 Å². The minimum atomic E-state index is -0.468. The number of hydrogen-bond acceptors (Lipinski definition) is 3. The van der Waals surface area contributed by atoms with Gasteiger partial charge in [-0.05, 0) is 36.1 Å². The monoisotopic (exact) mass is 396 g/mol. The second kappa shape index (κ2) is 7.55. The summed E-state index contributed by atoms with van der Waals surface area (Å²) in [4.78, 5) is 18.0. The quantitative estimate of drug-likeness (QED) is 0.782. The van der Waals surface area contributed by atoms with Crippen molar-refractivity contribution in [2.24, 2.45) is 0 Å². The van der Waals surface area contributed by atoms with Gasteiger partial charge in [-0.3, -0.25) is 9.69 Å². The third kappa shape index (κ3) is 4.19. The Hall–Kier alpha value is -1.24. The predicted octanol–water partition coefficient (Wildman–Crippen LogP) is 4.00. The Morgan fingerprint density at radius 3 is 2.83 bits per heavy atom. The average molecular weight is 397 g/mol. The summed E-state index contributed by atoms with van der Waals surface area (Å²) >= 11 is 4.97. The lowest BCUT2D eigenvalue weighted by atomic mass is 10.2. The summed E-state index contributed by atoms with van der Waals surface area (Å²) in [6.45, 7) is 4.02. The molecule has 23 heavy (non-hydrogen) atoms. The highest BCUT2D eigenvalue weighted by Gasteiger charge is 2.22. The van der Waals surface area contributed by atoms with Gasteiger partial charge in [-0.1, -0.05) is 22.0 Å². The number of amides is 1. The molecule has 0 aliphatic carbocycles. The van der Waals surface area contributed by atoms with Crippen LogP contribution in [0.2, 0.25) is 0 Å². The van der Waals surface area contributed by atoms with Crippen LogP contribution in [0.1, 0.15) is 21.7 Å². The van der Waals surface area contributed by atoms with Crippen molar-refractivity contribution >= 4 is 33.2 Å². The molecule has 0 bridgehead atoms. The molecule has 6 heteroatoms. The number of carbonyl (C=O) groups excluding carboxylic acids is 1. The van der Waals surface area contributed by atoms with E-state index < -0.39 is 5.82 Å². The largest absolute Gasteiger partial charge is 0.337 e. The summed E-state index contributed by atoms with van der Waals surface area (Å²) in [5.41, 5.74) is 0.153. The highest BCUT2D eigenvalue weighted by Crippen LogP contribution is 2.19. The van der Waals surface area contributed by atoms with Crippen molar-refractivity contribution in [2.45, 2.75) is 13.0 Å². The van der Waals surface area contributed by atoms with Gasteiger partial charge in [0.05, 0.1) is 5.56 Å². The zero-order valence-electron chi connectivity index (χ0n) is 12.7. The molecule has 0 atom stereocenters. The van der Waals surface area contributed by atoms with Crippen LogP contribution in [0.5, 0.6) is 0 Å². The van der Waals surface area contributed by atoms with E-state index in [9.17, 15) is 9.18 Å². The summed E-state index contributed by atoms with van der Waals surface area (Å²) < 4.78 is 14.6. The lowest BCUT2D eigenvalue weighted by molar-refractivity contribution is 0.0756. The maximum Gasteiger partial charge on any atom is 0.256 e. The van der Waals surface area contributed by atoms with Crippen molar-refractivity contribution in [1.82, 2.24) is 9.80 Å². The third-order valence-corrected chi connectivity index (χ3v) is 5.35. The molecule has 2 heterocycles. The Labute approximate surface area is 147 Å².